The summed E-state index contributed by atoms with van der Waals surface area (Å²) >= 11 is 0. The van der Waals surface area contributed by atoms with Crippen LogP contribution >= 0.6 is 15.8 Å². The van der Waals surface area contributed by atoms with E-state index in [9.17, 15) is 0 Å². The molecule has 0 aliphatic carbocycles. The molecule has 1 heterocycles. The number of hydrogen-bond acceptors (Lipinski definition) is 0. The summed E-state index contributed by atoms with van der Waals surface area (Å²) < 4.78 is 0. The van der Waals surface area contributed by atoms with Crippen LogP contribution in [-0.4, -0.2) is 36.1 Å². The lowest BCUT2D eigenvalue weighted by atomic mass is 9.21. The molecule has 0 atom stereocenters. The van der Waals surface area contributed by atoms with Crippen molar-refractivity contribution < 1.29 is 0 Å². The molecule has 4 aromatic rings. The molecule has 4 heteroatoms. The first-order chi connectivity index (χ1) is 19.2. The molecule has 40 heavy (non-hydrogen) atoms. The molecular formula is C36H44B2P2. The Morgan fingerprint density at radius 1 is 0.350 bits per heavy atom. The van der Waals surface area contributed by atoms with E-state index >= 15 is 0 Å². The lowest BCUT2D eigenvalue weighted by molar-refractivity contribution is 1.02. The normalized spacial score (nSPS) is 13.2. The smallest absolute Gasteiger partial charge is 0.0733 e. The van der Waals surface area contributed by atoms with Crippen molar-refractivity contribution in [3.8, 4) is 0 Å². The summed E-state index contributed by atoms with van der Waals surface area (Å²) in [5, 5.41) is 3.16. The Bertz CT molecular complexity index is 1290. The van der Waals surface area contributed by atoms with Gasteiger partial charge in [0.1, 0.15) is 0 Å². The predicted molar refractivity (Wildman–Crippen MR) is 189 cm³/mol. The number of rotatable bonds is 8. The van der Waals surface area contributed by atoms with Gasteiger partial charge in [-0.3, -0.25) is 0 Å². The van der Waals surface area contributed by atoms with Gasteiger partial charge in [-0.2, -0.15) is 0 Å². The highest BCUT2D eigenvalue weighted by molar-refractivity contribution is 7.68. The van der Waals surface area contributed by atoms with E-state index in [2.05, 4.69) is 152 Å². The monoisotopic (exact) mass is 560 g/mol. The maximum atomic E-state index is 2.44. The van der Waals surface area contributed by atoms with E-state index in [1.165, 1.54) is 32.8 Å². The van der Waals surface area contributed by atoms with Crippen molar-refractivity contribution in [1.82, 2.24) is 0 Å². The van der Waals surface area contributed by atoms with Crippen LogP contribution in [0.1, 0.15) is 55.4 Å². The Labute approximate surface area is 247 Å². The fourth-order valence-electron chi connectivity index (χ4n) is 7.32. The highest BCUT2D eigenvalue weighted by Crippen LogP contribution is 2.45. The van der Waals surface area contributed by atoms with Crippen molar-refractivity contribution >= 4 is 72.7 Å². The average molecular weight is 560 g/mol. The minimum absolute atomic E-state index is 0.256. The first-order valence-electron chi connectivity index (χ1n) is 15.1. The Kier molecular flexibility index (Phi) is 9.10. The zero-order chi connectivity index (χ0) is 28.6. The minimum Gasteiger partial charge on any atom is -0.0733 e. The van der Waals surface area contributed by atoms with Crippen LogP contribution < -0.4 is 43.4 Å². The van der Waals surface area contributed by atoms with Gasteiger partial charge in [0.05, 0.1) is 0 Å². The quantitative estimate of drug-likeness (QED) is 0.188. The van der Waals surface area contributed by atoms with Gasteiger partial charge in [0.15, 0.2) is 0 Å². The molecule has 4 aromatic carbocycles. The molecule has 0 aromatic heterocycles. The Morgan fingerprint density at radius 2 is 0.575 bits per heavy atom. The van der Waals surface area contributed by atoms with Gasteiger partial charge in [-0.05, 0) is 33.2 Å². The van der Waals surface area contributed by atoms with Gasteiger partial charge in [-0.15, -0.1) is 0 Å². The van der Waals surface area contributed by atoms with Gasteiger partial charge in [0.2, 0.25) is 13.4 Å². The second-order valence-electron chi connectivity index (χ2n) is 12.4. The molecule has 0 radical (unpaired) electrons. The maximum absolute atomic E-state index is 2.44. The molecule has 0 saturated carbocycles. The highest BCUT2D eigenvalue weighted by atomic mass is 31.1. The van der Waals surface area contributed by atoms with Gasteiger partial charge in [0.25, 0.3) is 0 Å². The number of fused-ring (bicyclic) bond motifs is 2. The third-order valence-corrected chi connectivity index (χ3v) is 14.9. The highest BCUT2D eigenvalue weighted by Gasteiger charge is 2.41. The van der Waals surface area contributed by atoms with Crippen LogP contribution in [0.2, 0.25) is 0 Å². The fourth-order valence-corrected chi connectivity index (χ4v) is 13.4. The number of benzene rings is 4. The number of hydrogen-bond donors (Lipinski definition) is 0. The van der Waals surface area contributed by atoms with Crippen molar-refractivity contribution in [2.24, 2.45) is 0 Å². The minimum atomic E-state index is -0.279. The largest absolute Gasteiger partial charge is 0.240 e. The van der Waals surface area contributed by atoms with Gasteiger partial charge in [-0.1, -0.05) is 201 Å². The molecule has 0 unspecified atom stereocenters. The van der Waals surface area contributed by atoms with E-state index in [1.54, 1.807) is 10.6 Å². The summed E-state index contributed by atoms with van der Waals surface area (Å²) in [6.45, 7) is 19.8. The van der Waals surface area contributed by atoms with Gasteiger partial charge < -0.3 is 0 Å². The SMILES string of the molecule is CC(C)P(c1ccccc1B1c2ccccc2B(c2ccccc2P(C(C)C)C(C)C)c2ccccc21)C(C)C. The van der Waals surface area contributed by atoms with Crippen LogP contribution in [0.25, 0.3) is 0 Å². The third kappa shape index (κ3) is 5.40. The van der Waals surface area contributed by atoms with E-state index in [0.717, 1.165) is 0 Å². The van der Waals surface area contributed by atoms with Crippen LogP contribution in [0.5, 0.6) is 0 Å². The molecular weight excluding hydrogens is 516 g/mol. The maximum Gasteiger partial charge on any atom is 0.240 e. The summed E-state index contributed by atoms with van der Waals surface area (Å²) in [7, 11) is -0.557. The summed E-state index contributed by atoms with van der Waals surface area (Å²) in [6, 6.07) is 37.5. The van der Waals surface area contributed by atoms with Crippen LogP contribution in [-0.2, 0) is 0 Å². The Balaban J connectivity index is 1.77. The zero-order valence-electron chi connectivity index (χ0n) is 25.6. The average Bonchev–Trinajstić information content (AvgIpc) is 2.92. The van der Waals surface area contributed by atoms with Crippen molar-refractivity contribution in [2.75, 3.05) is 0 Å². The fraction of sp³-hybridized carbons (Fsp3) is 0.333. The van der Waals surface area contributed by atoms with Crippen LogP contribution in [0.4, 0.5) is 0 Å². The topological polar surface area (TPSA) is 0 Å². The molecule has 0 amide bonds. The molecule has 1 aliphatic rings. The molecule has 1 aliphatic heterocycles. The van der Waals surface area contributed by atoms with Gasteiger partial charge >= 0.3 is 0 Å². The summed E-state index contributed by atoms with van der Waals surface area (Å²) in [5.74, 6) is 0. The molecule has 0 bridgehead atoms. The van der Waals surface area contributed by atoms with E-state index in [0.29, 0.717) is 22.6 Å². The second-order valence-corrected chi connectivity index (χ2v) is 19.2. The molecule has 0 nitrogen and oxygen atoms in total. The van der Waals surface area contributed by atoms with Crippen molar-refractivity contribution in [1.29, 1.82) is 0 Å². The molecule has 0 spiro atoms. The van der Waals surface area contributed by atoms with E-state index in [1.807, 2.05) is 0 Å². The van der Waals surface area contributed by atoms with Gasteiger partial charge in [0, 0.05) is 0 Å². The molecule has 204 valence electrons. The zero-order valence-corrected chi connectivity index (χ0v) is 27.4. The van der Waals surface area contributed by atoms with Crippen LogP contribution in [0.15, 0.2) is 97.1 Å². The van der Waals surface area contributed by atoms with Crippen molar-refractivity contribution in [3.05, 3.63) is 97.1 Å². The second kappa shape index (κ2) is 12.4. The standard InChI is InChI=1S/C36H44B2P2/c1-25(2)39(26(3)4)35-23-15-13-21-33(35)37-29-17-9-11-19-31(29)38(32-20-12-10-18-30(32)37)34-22-14-16-24-36(34)40(27(5)6)28(7)8/h9-28H,1-8H3. The Morgan fingerprint density at radius 3 is 0.825 bits per heavy atom. The summed E-state index contributed by atoms with van der Waals surface area (Å²) in [5.41, 5.74) is 11.5. The molecule has 0 saturated heterocycles. The Hall–Kier alpha value is -2.13. The molecule has 0 N–H and O–H groups in total. The first-order valence-corrected chi connectivity index (χ1v) is 18.1. The lowest BCUT2D eigenvalue weighted by Gasteiger charge is -2.37. The van der Waals surface area contributed by atoms with Crippen LogP contribution in [0.3, 0.4) is 0 Å². The lowest BCUT2D eigenvalue weighted by Crippen LogP contribution is -2.77. The molecule has 5 rings (SSSR count). The third-order valence-electron chi connectivity index (χ3n) is 8.51. The van der Waals surface area contributed by atoms with Gasteiger partial charge in [-0.25, -0.2) is 0 Å². The summed E-state index contributed by atoms with van der Waals surface area (Å²) in [4.78, 5) is 0. The predicted octanol–water partition coefficient (Wildman–Crippen LogP) is 4.88. The summed E-state index contributed by atoms with van der Waals surface area (Å²) in [6.07, 6.45) is 0. The van der Waals surface area contributed by atoms with Crippen LogP contribution in [0, 0.1) is 0 Å². The van der Waals surface area contributed by atoms with E-state index < -0.39 is 0 Å². The first kappa shape index (κ1) is 29.4. The van der Waals surface area contributed by atoms with E-state index in [4.69, 9.17) is 0 Å². The van der Waals surface area contributed by atoms with E-state index in [-0.39, 0.29) is 29.3 Å². The molecule has 0 fully saturated rings. The van der Waals surface area contributed by atoms with Crippen molar-refractivity contribution in [3.63, 3.8) is 0 Å². The van der Waals surface area contributed by atoms with Crippen molar-refractivity contribution in [2.45, 2.75) is 78.0 Å².